The Hall–Kier alpha value is -1.03. The predicted octanol–water partition coefficient (Wildman–Crippen LogP) is 3.86. The third-order valence-corrected chi connectivity index (χ3v) is 4.47. The van der Waals surface area contributed by atoms with Gasteiger partial charge in [-0.05, 0) is 43.4 Å². The lowest BCUT2D eigenvalue weighted by molar-refractivity contribution is 0.481. The maximum absolute atomic E-state index is 12.9. The summed E-state index contributed by atoms with van der Waals surface area (Å²) < 4.78 is 12.9. The molecule has 2 unspecified atom stereocenters. The van der Waals surface area contributed by atoms with Crippen molar-refractivity contribution in [1.29, 1.82) is 0 Å². The van der Waals surface area contributed by atoms with E-state index in [1.54, 1.807) is 11.8 Å². The minimum absolute atomic E-state index is 0.179. The molecular formula is C16H23FN2S. The summed E-state index contributed by atoms with van der Waals surface area (Å²) in [7, 11) is 0. The van der Waals surface area contributed by atoms with E-state index in [1.807, 2.05) is 12.1 Å². The topological polar surface area (TPSA) is 24.4 Å². The molecule has 110 valence electrons. The molecule has 2 atom stereocenters. The van der Waals surface area contributed by atoms with Gasteiger partial charge in [0.25, 0.3) is 0 Å². The van der Waals surface area contributed by atoms with Crippen LogP contribution in [0.25, 0.3) is 0 Å². The number of rotatable bonds is 4. The molecule has 0 spiro atoms. The normalized spacial score (nSPS) is 20.6. The molecule has 0 bridgehead atoms. The number of nitrogens with zero attached hydrogens (tertiary/aromatic N) is 1. The molecule has 0 saturated heterocycles. The van der Waals surface area contributed by atoms with Crippen LogP contribution < -0.4 is 5.32 Å². The second kappa shape index (κ2) is 7.11. The first-order chi connectivity index (χ1) is 9.54. The minimum atomic E-state index is -0.179. The summed E-state index contributed by atoms with van der Waals surface area (Å²) in [5, 5.41) is 4.55. The van der Waals surface area contributed by atoms with Crippen LogP contribution >= 0.6 is 11.8 Å². The van der Waals surface area contributed by atoms with Gasteiger partial charge >= 0.3 is 0 Å². The van der Waals surface area contributed by atoms with Crippen LogP contribution in [0.1, 0.15) is 32.8 Å². The van der Waals surface area contributed by atoms with Crippen molar-refractivity contribution in [2.45, 2.75) is 45.7 Å². The molecule has 1 aromatic rings. The fourth-order valence-corrected chi connectivity index (χ4v) is 3.37. The van der Waals surface area contributed by atoms with Crippen LogP contribution in [0.15, 0.2) is 29.3 Å². The molecule has 20 heavy (non-hydrogen) atoms. The number of thioether (sulfide) groups is 1. The standard InChI is InChI=1S/C16H23FN2S/c1-11(2)15-8-9-20-16(19-15)18-12(3)10-13-4-6-14(17)7-5-13/h4-7,11-12,15H,8-10H2,1-3H3,(H,18,19). The van der Waals surface area contributed by atoms with Gasteiger partial charge in [0.05, 0.1) is 6.04 Å². The van der Waals surface area contributed by atoms with Gasteiger partial charge in [0.1, 0.15) is 5.82 Å². The average Bonchev–Trinajstić information content (AvgIpc) is 2.41. The van der Waals surface area contributed by atoms with Gasteiger partial charge in [-0.2, -0.15) is 0 Å². The lowest BCUT2D eigenvalue weighted by Crippen LogP contribution is -2.36. The zero-order valence-corrected chi connectivity index (χ0v) is 13.2. The van der Waals surface area contributed by atoms with E-state index >= 15 is 0 Å². The Morgan fingerprint density at radius 2 is 2.00 bits per heavy atom. The molecule has 1 heterocycles. The second-order valence-corrected chi connectivity index (χ2v) is 6.84. The summed E-state index contributed by atoms with van der Waals surface area (Å²) in [6.45, 7) is 6.60. The summed E-state index contributed by atoms with van der Waals surface area (Å²) in [5.74, 6) is 1.55. The smallest absolute Gasteiger partial charge is 0.157 e. The molecule has 1 aliphatic rings. The van der Waals surface area contributed by atoms with Crippen molar-refractivity contribution in [2.75, 3.05) is 5.75 Å². The Balaban J connectivity index is 1.90. The van der Waals surface area contributed by atoms with E-state index < -0.39 is 0 Å². The maximum Gasteiger partial charge on any atom is 0.157 e. The van der Waals surface area contributed by atoms with Crippen LogP contribution in [0.3, 0.4) is 0 Å². The van der Waals surface area contributed by atoms with E-state index in [2.05, 4.69) is 26.1 Å². The summed E-state index contributed by atoms with van der Waals surface area (Å²) >= 11 is 1.80. The van der Waals surface area contributed by atoms with Crippen molar-refractivity contribution in [3.8, 4) is 0 Å². The van der Waals surface area contributed by atoms with Crippen molar-refractivity contribution in [1.82, 2.24) is 5.32 Å². The van der Waals surface area contributed by atoms with Gasteiger partial charge < -0.3 is 5.32 Å². The minimum Gasteiger partial charge on any atom is -0.362 e. The van der Waals surface area contributed by atoms with Crippen LogP contribution in [-0.4, -0.2) is 23.0 Å². The van der Waals surface area contributed by atoms with E-state index in [1.165, 1.54) is 18.6 Å². The zero-order valence-electron chi connectivity index (χ0n) is 12.4. The molecule has 0 saturated carbocycles. The summed E-state index contributed by atoms with van der Waals surface area (Å²) in [6, 6.07) is 7.47. The highest BCUT2D eigenvalue weighted by atomic mass is 32.2. The number of nitrogens with one attached hydrogen (secondary N) is 1. The molecule has 0 fully saturated rings. The molecule has 1 aromatic carbocycles. The Morgan fingerprint density at radius 3 is 2.65 bits per heavy atom. The van der Waals surface area contributed by atoms with Crippen molar-refractivity contribution in [3.63, 3.8) is 0 Å². The summed E-state index contributed by atoms with van der Waals surface area (Å²) in [4.78, 5) is 4.79. The highest BCUT2D eigenvalue weighted by molar-refractivity contribution is 8.13. The first kappa shape index (κ1) is 15.4. The first-order valence-electron chi connectivity index (χ1n) is 7.26. The van der Waals surface area contributed by atoms with Crippen LogP contribution in [0, 0.1) is 11.7 Å². The van der Waals surface area contributed by atoms with Crippen molar-refractivity contribution >= 4 is 16.9 Å². The van der Waals surface area contributed by atoms with E-state index in [4.69, 9.17) is 4.99 Å². The molecule has 2 nitrogen and oxygen atoms in total. The van der Waals surface area contributed by atoms with Crippen LogP contribution in [0.5, 0.6) is 0 Å². The van der Waals surface area contributed by atoms with E-state index in [0.29, 0.717) is 18.0 Å². The molecule has 1 aliphatic heterocycles. The Bertz CT molecular complexity index is 456. The first-order valence-corrected chi connectivity index (χ1v) is 8.24. The number of aliphatic imine (C=N–C) groups is 1. The van der Waals surface area contributed by atoms with Gasteiger partial charge in [-0.3, -0.25) is 4.99 Å². The maximum atomic E-state index is 12.9. The number of amidine groups is 1. The number of hydrogen-bond acceptors (Lipinski definition) is 3. The fourth-order valence-electron chi connectivity index (χ4n) is 2.33. The molecule has 0 radical (unpaired) electrons. The highest BCUT2D eigenvalue weighted by Crippen LogP contribution is 2.22. The Morgan fingerprint density at radius 1 is 1.30 bits per heavy atom. The largest absolute Gasteiger partial charge is 0.362 e. The fraction of sp³-hybridized carbons (Fsp3) is 0.562. The van der Waals surface area contributed by atoms with E-state index in [0.717, 1.165) is 22.9 Å². The number of benzene rings is 1. The van der Waals surface area contributed by atoms with Gasteiger partial charge in [-0.15, -0.1) is 0 Å². The molecule has 2 rings (SSSR count). The van der Waals surface area contributed by atoms with Gasteiger partial charge in [-0.25, -0.2) is 4.39 Å². The molecule has 1 N–H and O–H groups in total. The lowest BCUT2D eigenvalue weighted by atomic mass is 10.0. The average molecular weight is 294 g/mol. The number of halogens is 1. The summed E-state index contributed by atoms with van der Waals surface area (Å²) in [5.41, 5.74) is 1.15. The van der Waals surface area contributed by atoms with Crippen LogP contribution in [-0.2, 0) is 6.42 Å². The molecule has 4 heteroatoms. The third-order valence-electron chi connectivity index (χ3n) is 3.53. The SMILES string of the molecule is CC(Cc1ccc(F)cc1)NC1=NC(C(C)C)CCS1. The Kier molecular flexibility index (Phi) is 5.46. The van der Waals surface area contributed by atoms with Gasteiger partial charge in [-0.1, -0.05) is 37.7 Å². The number of hydrogen-bond donors (Lipinski definition) is 1. The zero-order chi connectivity index (χ0) is 14.5. The lowest BCUT2D eigenvalue weighted by Gasteiger charge is -2.25. The molecule has 0 aromatic heterocycles. The second-order valence-electron chi connectivity index (χ2n) is 5.76. The third kappa shape index (κ3) is 4.51. The van der Waals surface area contributed by atoms with E-state index in [9.17, 15) is 4.39 Å². The van der Waals surface area contributed by atoms with Crippen molar-refractivity contribution in [3.05, 3.63) is 35.6 Å². The molecule has 0 aliphatic carbocycles. The Labute approximate surface area is 125 Å². The highest BCUT2D eigenvalue weighted by Gasteiger charge is 2.19. The van der Waals surface area contributed by atoms with Gasteiger partial charge in [0, 0.05) is 11.8 Å². The van der Waals surface area contributed by atoms with Gasteiger partial charge in [0.15, 0.2) is 5.17 Å². The van der Waals surface area contributed by atoms with Crippen LogP contribution in [0.2, 0.25) is 0 Å². The molecule has 0 amide bonds. The molecular weight excluding hydrogens is 271 g/mol. The van der Waals surface area contributed by atoms with Crippen molar-refractivity contribution < 1.29 is 4.39 Å². The summed E-state index contributed by atoms with van der Waals surface area (Å²) in [6.07, 6.45) is 2.05. The van der Waals surface area contributed by atoms with E-state index in [-0.39, 0.29) is 5.82 Å². The quantitative estimate of drug-likeness (QED) is 0.912. The predicted molar refractivity (Wildman–Crippen MR) is 85.8 cm³/mol. The monoisotopic (exact) mass is 294 g/mol. The van der Waals surface area contributed by atoms with Gasteiger partial charge in [0.2, 0.25) is 0 Å². The van der Waals surface area contributed by atoms with Crippen molar-refractivity contribution in [2.24, 2.45) is 10.9 Å². The van der Waals surface area contributed by atoms with Crippen LogP contribution in [0.4, 0.5) is 4.39 Å².